The maximum Gasteiger partial charge on any atom is -0.00967 e. The highest BCUT2D eigenvalue weighted by Gasteiger charge is 2.40. The molecule has 1 rings (SSSR count). The molecule has 0 radical (unpaired) electrons. The Bertz CT molecular complexity index is 163. The summed E-state index contributed by atoms with van der Waals surface area (Å²) in [4.78, 5) is 0. The van der Waals surface area contributed by atoms with Crippen LogP contribution in [0.25, 0.3) is 0 Å². The molecule has 13 heavy (non-hydrogen) atoms. The van der Waals surface area contributed by atoms with E-state index in [1.165, 1.54) is 25.7 Å². The zero-order valence-electron chi connectivity index (χ0n) is 9.64. The van der Waals surface area contributed by atoms with Gasteiger partial charge in [0.05, 0.1) is 0 Å². The van der Waals surface area contributed by atoms with Crippen molar-refractivity contribution in [2.75, 3.05) is 0 Å². The van der Waals surface area contributed by atoms with Crippen LogP contribution in [0.3, 0.4) is 0 Å². The van der Waals surface area contributed by atoms with Crippen molar-refractivity contribution in [2.45, 2.75) is 58.5 Å². The van der Waals surface area contributed by atoms with Crippen LogP contribution in [0.1, 0.15) is 53.4 Å². The largest absolute Gasteiger partial charge is 0.131 e. The predicted molar refractivity (Wildman–Crippen MR) is 64.1 cm³/mol. The summed E-state index contributed by atoms with van der Waals surface area (Å²) in [5.41, 5.74) is 0. The average molecular weight is 200 g/mol. The van der Waals surface area contributed by atoms with E-state index in [4.69, 9.17) is 0 Å². The number of hydrogen-bond donors (Lipinski definition) is 0. The second-order valence-electron chi connectivity index (χ2n) is 5.36. The number of hydrogen-bond acceptors (Lipinski definition) is 0. The van der Waals surface area contributed by atoms with Crippen LogP contribution < -0.4 is 0 Å². The highest BCUT2D eigenvalue weighted by molar-refractivity contribution is 7.19. The van der Waals surface area contributed by atoms with Crippen LogP contribution >= 0.6 is 9.24 Å². The van der Waals surface area contributed by atoms with Gasteiger partial charge in [-0.15, -0.1) is 9.24 Å². The lowest BCUT2D eigenvalue weighted by atomic mass is 9.68. The molecule has 0 saturated heterocycles. The van der Waals surface area contributed by atoms with Crippen LogP contribution in [0.2, 0.25) is 0 Å². The van der Waals surface area contributed by atoms with Crippen molar-refractivity contribution in [1.82, 2.24) is 0 Å². The Morgan fingerprint density at radius 3 is 2.15 bits per heavy atom. The summed E-state index contributed by atoms with van der Waals surface area (Å²) >= 11 is 0. The Hall–Kier alpha value is 0.430. The van der Waals surface area contributed by atoms with E-state index in [0.717, 1.165) is 17.8 Å². The monoisotopic (exact) mass is 200 g/mol. The molecule has 78 valence electrons. The molecule has 3 atom stereocenters. The molecule has 0 aromatic heterocycles. The van der Waals surface area contributed by atoms with E-state index >= 15 is 0 Å². The van der Waals surface area contributed by atoms with E-state index in [2.05, 4.69) is 36.9 Å². The molecular weight excluding hydrogens is 175 g/mol. The fourth-order valence-electron chi connectivity index (χ4n) is 2.92. The van der Waals surface area contributed by atoms with Gasteiger partial charge in [-0.2, -0.15) is 0 Å². The first-order chi connectivity index (χ1) is 5.98. The molecule has 0 aliphatic heterocycles. The Kier molecular flexibility index (Phi) is 3.81. The molecule has 1 heteroatoms. The molecule has 1 aliphatic carbocycles. The van der Waals surface area contributed by atoms with Gasteiger partial charge < -0.3 is 0 Å². The number of rotatable bonds is 2. The predicted octanol–water partition coefficient (Wildman–Crippen LogP) is 4.10. The molecule has 3 unspecified atom stereocenters. The van der Waals surface area contributed by atoms with Crippen molar-refractivity contribution < 1.29 is 0 Å². The molecule has 0 amide bonds. The minimum atomic E-state index is 0.534. The van der Waals surface area contributed by atoms with Crippen LogP contribution in [0.15, 0.2) is 0 Å². The van der Waals surface area contributed by atoms with Crippen LogP contribution in [0.4, 0.5) is 0 Å². The van der Waals surface area contributed by atoms with E-state index in [1.807, 2.05) is 0 Å². The van der Waals surface area contributed by atoms with Gasteiger partial charge in [0, 0.05) is 0 Å². The maximum atomic E-state index is 3.19. The SMILES string of the molecule is CC(C)C1CCCCC1(P)C(C)C. The van der Waals surface area contributed by atoms with Gasteiger partial charge in [-0.1, -0.05) is 40.5 Å². The first-order valence-corrected chi connectivity index (χ1v) is 6.35. The summed E-state index contributed by atoms with van der Waals surface area (Å²) in [5.74, 6) is 2.58. The Morgan fingerprint density at radius 1 is 1.15 bits per heavy atom. The zero-order chi connectivity index (χ0) is 10.1. The van der Waals surface area contributed by atoms with E-state index in [-0.39, 0.29) is 0 Å². The van der Waals surface area contributed by atoms with E-state index in [1.54, 1.807) is 0 Å². The van der Waals surface area contributed by atoms with Gasteiger partial charge in [-0.25, -0.2) is 0 Å². The van der Waals surface area contributed by atoms with Crippen molar-refractivity contribution in [2.24, 2.45) is 17.8 Å². The molecule has 0 N–H and O–H groups in total. The van der Waals surface area contributed by atoms with Gasteiger partial charge in [0.15, 0.2) is 0 Å². The highest BCUT2D eigenvalue weighted by atomic mass is 31.0. The molecule has 0 nitrogen and oxygen atoms in total. The zero-order valence-corrected chi connectivity index (χ0v) is 10.8. The van der Waals surface area contributed by atoms with Crippen LogP contribution in [0.5, 0.6) is 0 Å². The molecule has 0 bridgehead atoms. The maximum absolute atomic E-state index is 3.19. The van der Waals surface area contributed by atoms with Gasteiger partial charge >= 0.3 is 0 Å². The second kappa shape index (κ2) is 4.30. The normalized spacial score (nSPS) is 35.8. The lowest BCUT2D eigenvalue weighted by molar-refractivity contribution is 0.168. The molecule has 0 heterocycles. The third-order valence-corrected chi connectivity index (χ3v) is 5.33. The molecule has 1 fully saturated rings. The molecular formula is C12H25P. The molecule has 1 saturated carbocycles. The van der Waals surface area contributed by atoms with Crippen molar-refractivity contribution in [3.63, 3.8) is 0 Å². The lowest BCUT2D eigenvalue weighted by Gasteiger charge is -2.46. The minimum absolute atomic E-state index is 0.534. The fraction of sp³-hybridized carbons (Fsp3) is 1.00. The molecule has 0 aromatic carbocycles. The van der Waals surface area contributed by atoms with Gasteiger partial charge in [-0.05, 0) is 35.8 Å². The summed E-state index contributed by atoms with van der Waals surface area (Å²) in [6.45, 7) is 9.54. The summed E-state index contributed by atoms with van der Waals surface area (Å²) in [7, 11) is 3.19. The molecule has 0 spiro atoms. The Balaban J connectivity index is 2.77. The van der Waals surface area contributed by atoms with Gasteiger partial charge in [-0.3, -0.25) is 0 Å². The van der Waals surface area contributed by atoms with E-state index < -0.39 is 0 Å². The van der Waals surface area contributed by atoms with Gasteiger partial charge in [0.2, 0.25) is 0 Å². The van der Waals surface area contributed by atoms with Crippen molar-refractivity contribution in [3.05, 3.63) is 0 Å². The third kappa shape index (κ3) is 2.27. The van der Waals surface area contributed by atoms with E-state index in [0.29, 0.717) is 5.16 Å². The highest BCUT2D eigenvalue weighted by Crippen LogP contribution is 2.48. The van der Waals surface area contributed by atoms with E-state index in [9.17, 15) is 0 Å². The Morgan fingerprint density at radius 2 is 1.77 bits per heavy atom. The van der Waals surface area contributed by atoms with Crippen molar-refractivity contribution in [1.29, 1.82) is 0 Å². The van der Waals surface area contributed by atoms with Gasteiger partial charge in [0.1, 0.15) is 0 Å². The first kappa shape index (κ1) is 11.5. The van der Waals surface area contributed by atoms with Gasteiger partial charge in [0.25, 0.3) is 0 Å². The van der Waals surface area contributed by atoms with Crippen LogP contribution in [0, 0.1) is 17.8 Å². The minimum Gasteiger partial charge on any atom is -0.131 e. The molecule has 1 aliphatic rings. The Labute approximate surface area is 86.1 Å². The smallest absolute Gasteiger partial charge is 0.00967 e. The summed E-state index contributed by atoms with van der Waals surface area (Å²) < 4.78 is 0. The summed E-state index contributed by atoms with van der Waals surface area (Å²) in [6.07, 6.45) is 5.74. The summed E-state index contributed by atoms with van der Waals surface area (Å²) in [5, 5.41) is 0.534. The van der Waals surface area contributed by atoms with Crippen molar-refractivity contribution in [3.8, 4) is 0 Å². The van der Waals surface area contributed by atoms with Crippen LogP contribution in [-0.2, 0) is 0 Å². The summed E-state index contributed by atoms with van der Waals surface area (Å²) in [6, 6.07) is 0. The standard InChI is InChI=1S/C12H25P/c1-9(2)11-7-5-6-8-12(11,13)10(3)4/h9-11H,5-8,13H2,1-4H3. The fourth-order valence-corrected chi connectivity index (χ4v) is 3.68. The lowest BCUT2D eigenvalue weighted by Crippen LogP contribution is -2.42. The second-order valence-corrected chi connectivity index (χ2v) is 6.44. The van der Waals surface area contributed by atoms with Crippen LogP contribution in [-0.4, -0.2) is 5.16 Å². The molecule has 0 aromatic rings. The first-order valence-electron chi connectivity index (χ1n) is 5.77. The topological polar surface area (TPSA) is 0 Å². The van der Waals surface area contributed by atoms with Crippen molar-refractivity contribution >= 4 is 9.24 Å². The quantitative estimate of drug-likeness (QED) is 0.589. The third-order valence-electron chi connectivity index (χ3n) is 3.94. The average Bonchev–Trinajstić information content (AvgIpc) is 2.04.